The van der Waals surface area contributed by atoms with Crippen molar-refractivity contribution >= 4 is 28.3 Å². The number of H-pyrrole nitrogens is 1. The van der Waals surface area contributed by atoms with E-state index in [2.05, 4.69) is 10.3 Å². The minimum absolute atomic E-state index is 0.242. The molecule has 0 spiro atoms. The number of aryl methyl sites for hydroxylation is 1. The average molecular weight is 362 g/mol. The van der Waals surface area contributed by atoms with E-state index in [0.717, 1.165) is 29.5 Å². The number of benzene rings is 2. The lowest BCUT2D eigenvalue weighted by molar-refractivity contribution is -0.112. The predicted molar refractivity (Wildman–Crippen MR) is 105 cm³/mol. The van der Waals surface area contributed by atoms with E-state index < -0.39 is 11.7 Å². The zero-order valence-corrected chi connectivity index (χ0v) is 15.2. The number of aromatic amines is 1. The average Bonchev–Trinajstić information content (AvgIpc) is 3.28. The number of rotatable bonds is 5. The zero-order valence-electron chi connectivity index (χ0n) is 15.2. The summed E-state index contributed by atoms with van der Waals surface area (Å²) in [7, 11) is 0. The van der Waals surface area contributed by atoms with Gasteiger partial charge in [-0.1, -0.05) is 24.3 Å². The van der Waals surface area contributed by atoms with Gasteiger partial charge in [0.25, 0.3) is 11.7 Å². The second kappa shape index (κ2) is 7.27. The molecule has 2 aromatic carbocycles. The molecule has 1 aliphatic rings. The Morgan fingerprint density at radius 1 is 1.07 bits per heavy atom. The summed E-state index contributed by atoms with van der Waals surface area (Å²) in [6.45, 7) is 1.80. The van der Waals surface area contributed by atoms with Crippen LogP contribution in [0.15, 0.2) is 48.5 Å². The van der Waals surface area contributed by atoms with E-state index in [9.17, 15) is 9.59 Å². The molecule has 1 heterocycles. The van der Waals surface area contributed by atoms with E-state index in [4.69, 9.17) is 4.74 Å². The first-order chi connectivity index (χ1) is 13.1. The van der Waals surface area contributed by atoms with Crippen LogP contribution >= 0.6 is 0 Å². The van der Waals surface area contributed by atoms with Gasteiger partial charge in [0.15, 0.2) is 0 Å². The van der Waals surface area contributed by atoms with E-state index >= 15 is 0 Å². The maximum Gasteiger partial charge on any atom is 0.296 e. The lowest BCUT2D eigenvalue weighted by atomic mass is 10.1. The van der Waals surface area contributed by atoms with Gasteiger partial charge in [0.1, 0.15) is 5.75 Å². The monoisotopic (exact) mass is 362 g/mol. The fourth-order valence-electron chi connectivity index (χ4n) is 3.72. The van der Waals surface area contributed by atoms with Crippen LogP contribution in [0.2, 0.25) is 0 Å². The van der Waals surface area contributed by atoms with Crippen LogP contribution in [-0.4, -0.2) is 22.8 Å². The topological polar surface area (TPSA) is 71.2 Å². The number of Topliss-reactive ketones (excluding diaryl/α,β-unsaturated/α-hetero) is 1. The molecule has 138 valence electrons. The van der Waals surface area contributed by atoms with Gasteiger partial charge < -0.3 is 15.0 Å². The van der Waals surface area contributed by atoms with Crippen molar-refractivity contribution in [3.8, 4) is 5.75 Å². The summed E-state index contributed by atoms with van der Waals surface area (Å²) in [5.41, 5.74) is 2.51. The van der Waals surface area contributed by atoms with Gasteiger partial charge in [0.05, 0.1) is 11.7 Å². The number of para-hydroxylation sites is 1. The van der Waals surface area contributed by atoms with Crippen molar-refractivity contribution < 1.29 is 14.3 Å². The van der Waals surface area contributed by atoms with Crippen molar-refractivity contribution in [1.29, 1.82) is 0 Å². The molecular weight excluding hydrogens is 340 g/mol. The van der Waals surface area contributed by atoms with Crippen LogP contribution < -0.4 is 10.1 Å². The number of anilines is 1. The molecule has 0 saturated heterocycles. The predicted octanol–water partition coefficient (Wildman–Crippen LogP) is 4.62. The largest absolute Gasteiger partial charge is 0.490 e. The third-order valence-corrected chi connectivity index (χ3v) is 5.02. The standard InChI is InChI=1S/C22H22N2O3/c1-14-20(18-11-4-5-12-19(18)23-14)21(25)22(26)24-15-7-6-10-17(13-15)27-16-8-2-3-9-16/h4-7,10-13,16,23H,2-3,8-9H2,1H3,(H,24,26). The molecule has 1 aromatic heterocycles. The van der Waals surface area contributed by atoms with Crippen LogP contribution in [0.4, 0.5) is 5.69 Å². The highest BCUT2D eigenvalue weighted by Gasteiger charge is 2.23. The van der Waals surface area contributed by atoms with Crippen molar-refractivity contribution in [3.05, 3.63) is 59.8 Å². The third-order valence-electron chi connectivity index (χ3n) is 5.02. The Hall–Kier alpha value is -3.08. The minimum Gasteiger partial charge on any atom is -0.490 e. The Morgan fingerprint density at radius 2 is 1.85 bits per heavy atom. The molecule has 4 rings (SSSR count). The van der Waals surface area contributed by atoms with E-state index in [1.165, 1.54) is 12.8 Å². The number of hydrogen-bond acceptors (Lipinski definition) is 3. The summed E-state index contributed by atoms with van der Waals surface area (Å²) in [5.74, 6) is -0.483. The van der Waals surface area contributed by atoms with Crippen molar-refractivity contribution in [2.45, 2.75) is 38.7 Å². The van der Waals surface area contributed by atoms with E-state index in [-0.39, 0.29) is 6.10 Å². The maximum atomic E-state index is 12.7. The van der Waals surface area contributed by atoms with Crippen LogP contribution in [0.5, 0.6) is 5.75 Å². The molecule has 0 bridgehead atoms. The number of aromatic nitrogens is 1. The molecule has 0 atom stereocenters. The van der Waals surface area contributed by atoms with E-state index in [0.29, 0.717) is 16.9 Å². The van der Waals surface area contributed by atoms with E-state index in [1.54, 1.807) is 19.1 Å². The van der Waals surface area contributed by atoms with Crippen molar-refractivity contribution in [2.24, 2.45) is 0 Å². The quantitative estimate of drug-likeness (QED) is 0.514. The number of fused-ring (bicyclic) bond motifs is 1. The molecule has 27 heavy (non-hydrogen) atoms. The van der Waals surface area contributed by atoms with Crippen LogP contribution in [0.25, 0.3) is 10.9 Å². The highest BCUT2D eigenvalue weighted by molar-refractivity contribution is 6.48. The fraction of sp³-hybridized carbons (Fsp3) is 0.273. The number of amides is 1. The number of carbonyl (C=O) groups is 2. The molecule has 1 saturated carbocycles. The maximum absolute atomic E-state index is 12.7. The second-order valence-corrected chi connectivity index (χ2v) is 7.01. The summed E-state index contributed by atoms with van der Waals surface area (Å²) < 4.78 is 5.97. The summed E-state index contributed by atoms with van der Waals surface area (Å²) in [6.07, 6.45) is 4.76. The molecule has 0 radical (unpaired) electrons. The lowest BCUT2D eigenvalue weighted by Gasteiger charge is -2.14. The van der Waals surface area contributed by atoms with Gasteiger partial charge in [-0.05, 0) is 50.8 Å². The summed E-state index contributed by atoms with van der Waals surface area (Å²) >= 11 is 0. The number of hydrogen-bond donors (Lipinski definition) is 2. The molecule has 0 aliphatic heterocycles. The summed E-state index contributed by atoms with van der Waals surface area (Å²) in [6, 6.07) is 14.7. The lowest BCUT2D eigenvalue weighted by Crippen LogP contribution is -2.23. The Balaban J connectivity index is 1.51. The first kappa shape index (κ1) is 17.3. The Labute approximate surface area is 157 Å². The van der Waals surface area contributed by atoms with Gasteiger partial charge in [-0.2, -0.15) is 0 Å². The molecular formula is C22H22N2O3. The fourth-order valence-corrected chi connectivity index (χ4v) is 3.72. The third kappa shape index (κ3) is 3.58. The molecule has 1 amide bonds. The minimum atomic E-state index is -0.652. The highest BCUT2D eigenvalue weighted by Crippen LogP contribution is 2.26. The van der Waals surface area contributed by atoms with Crippen molar-refractivity contribution in [1.82, 2.24) is 4.98 Å². The second-order valence-electron chi connectivity index (χ2n) is 7.01. The van der Waals surface area contributed by atoms with Crippen LogP contribution in [0, 0.1) is 6.92 Å². The Kier molecular flexibility index (Phi) is 4.67. The van der Waals surface area contributed by atoms with Crippen LogP contribution in [0.1, 0.15) is 41.7 Å². The Morgan fingerprint density at radius 3 is 2.67 bits per heavy atom. The SMILES string of the molecule is Cc1[nH]c2ccccc2c1C(=O)C(=O)Nc1cccc(OC2CCCC2)c1. The van der Waals surface area contributed by atoms with Gasteiger partial charge in [0.2, 0.25) is 0 Å². The normalized spacial score (nSPS) is 14.4. The molecule has 5 nitrogen and oxygen atoms in total. The summed E-state index contributed by atoms with van der Waals surface area (Å²) in [5, 5.41) is 3.46. The molecule has 5 heteroatoms. The van der Waals surface area contributed by atoms with Crippen molar-refractivity contribution in [2.75, 3.05) is 5.32 Å². The van der Waals surface area contributed by atoms with Crippen molar-refractivity contribution in [3.63, 3.8) is 0 Å². The zero-order chi connectivity index (χ0) is 18.8. The Bertz CT molecular complexity index is 1000. The van der Waals surface area contributed by atoms with Gasteiger partial charge in [0, 0.05) is 28.4 Å². The molecule has 0 unspecified atom stereocenters. The summed E-state index contributed by atoms with van der Waals surface area (Å²) in [4.78, 5) is 28.4. The van der Waals surface area contributed by atoms with Crippen LogP contribution in [0.3, 0.4) is 0 Å². The first-order valence-electron chi connectivity index (χ1n) is 9.31. The van der Waals surface area contributed by atoms with Gasteiger partial charge in [-0.3, -0.25) is 9.59 Å². The number of ketones is 1. The molecule has 2 N–H and O–H groups in total. The van der Waals surface area contributed by atoms with E-state index in [1.807, 2.05) is 36.4 Å². The van der Waals surface area contributed by atoms with Crippen LogP contribution in [-0.2, 0) is 4.79 Å². The first-order valence-corrected chi connectivity index (χ1v) is 9.31. The van der Waals surface area contributed by atoms with Gasteiger partial charge >= 0.3 is 0 Å². The molecule has 3 aromatic rings. The highest BCUT2D eigenvalue weighted by atomic mass is 16.5. The van der Waals surface area contributed by atoms with Gasteiger partial charge in [-0.25, -0.2) is 0 Å². The smallest absolute Gasteiger partial charge is 0.296 e. The number of carbonyl (C=O) groups excluding carboxylic acids is 2. The molecule has 1 fully saturated rings. The van der Waals surface area contributed by atoms with Gasteiger partial charge in [-0.15, -0.1) is 0 Å². The number of nitrogens with one attached hydrogen (secondary N) is 2. The number of ether oxygens (including phenoxy) is 1. The molecule has 1 aliphatic carbocycles.